The molecular weight excluding hydrogens is 254 g/mol. The van der Waals surface area contributed by atoms with E-state index in [1.807, 2.05) is 4.57 Å². The molecule has 7 heteroatoms. The molecular formula is C12H12F2N4O. The maximum Gasteiger partial charge on any atom is 0.387 e. The van der Waals surface area contributed by atoms with Gasteiger partial charge in [-0.3, -0.25) is 0 Å². The third-order valence-corrected chi connectivity index (χ3v) is 2.94. The van der Waals surface area contributed by atoms with Gasteiger partial charge in [0.25, 0.3) is 0 Å². The van der Waals surface area contributed by atoms with Crippen LogP contribution in [0.2, 0.25) is 0 Å². The quantitative estimate of drug-likeness (QED) is 0.917. The Kier molecular flexibility index (Phi) is 3.12. The summed E-state index contributed by atoms with van der Waals surface area (Å²) in [4.78, 5) is 0. The fourth-order valence-corrected chi connectivity index (χ4v) is 2.12. The highest BCUT2D eigenvalue weighted by Crippen LogP contribution is 2.24. The van der Waals surface area contributed by atoms with Crippen LogP contribution in [0, 0.1) is 0 Å². The summed E-state index contributed by atoms with van der Waals surface area (Å²) in [5.41, 5.74) is 0.721. The van der Waals surface area contributed by atoms with Crippen LogP contribution in [-0.4, -0.2) is 27.9 Å². The largest absolute Gasteiger partial charge is 0.435 e. The average Bonchev–Trinajstić information content (AvgIpc) is 2.82. The molecule has 1 aromatic heterocycles. The van der Waals surface area contributed by atoms with Crippen LogP contribution in [0.15, 0.2) is 24.3 Å². The molecule has 19 heavy (non-hydrogen) atoms. The summed E-state index contributed by atoms with van der Waals surface area (Å²) in [6.45, 7) is -0.560. The number of alkyl halides is 2. The van der Waals surface area contributed by atoms with Gasteiger partial charge in [-0.05, 0) is 12.1 Å². The molecule has 0 amide bonds. The molecule has 2 heterocycles. The summed E-state index contributed by atoms with van der Waals surface area (Å²) in [7, 11) is 0. The van der Waals surface area contributed by atoms with Crippen LogP contribution in [0.1, 0.15) is 5.82 Å². The zero-order valence-electron chi connectivity index (χ0n) is 10.0. The SMILES string of the molecule is FC(F)Oc1cccc(-c2nnc3n2CCNC3)c1. The van der Waals surface area contributed by atoms with Gasteiger partial charge < -0.3 is 14.6 Å². The van der Waals surface area contributed by atoms with Crippen molar-refractivity contribution >= 4 is 0 Å². The van der Waals surface area contributed by atoms with Crippen molar-refractivity contribution in [1.29, 1.82) is 0 Å². The number of nitrogens with zero attached hydrogens (tertiary/aromatic N) is 3. The van der Waals surface area contributed by atoms with Crippen LogP contribution in [-0.2, 0) is 13.1 Å². The first-order chi connectivity index (χ1) is 9.24. The fraction of sp³-hybridized carbons (Fsp3) is 0.333. The maximum atomic E-state index is 12.2. The number of nitrogens with one attached hydrogen (secondary N) is 1. The summed E-state index contributed by atoms with van der Waals surface area (Å²) in [5, 5.41) is 11.4. The van der Waals surface area contributed by atoms with Crippen molar-refractivity contribution in [3.63, 3.8) is 0 Å². The summed E-state index contributed by atoms with van der Waals surface area (Å²) >= 11 is 0. The lowest BCUT2D eigenvalue weighted by Crippen LogP contribution is -2.28. The molecule has 1 aromatic carbocycles. The van der Waals surface area contributed by atoms with Gasteiger partial charge in [0.05, 0.1) is 6.54 Å². The lowest BCUT2D eigenvalue weighted by Gasteiger charge is -2.16. The van der Waals surface area contributed by atoms with Gasteiger partial charge in [-0.15, -0.1) is 10.2 Å². The molecule has 1 aliphatic heterocycles. The van der Waals surface area contributed by atoms with Crippen LogP contribution in [0.4, 0.5) is 8.78 Å². The predicted molar refractivity (Wildman–Crippen MR) is 63.8 cm³/mol. The molecule has 0 bridgehead atoms. The van der Waals surface area contributed by atoms with Gasteiger partial charge >= 0.3 is 6.61 Å². The number of fused-ring (bicyclic) bond motifs is 1. The molecule has 0 aliphatic carbocycles. The van der Waals surface area contributed by atoms with Crippen molar-refractivity contribution < 1.29 is 13.5 Å². The highest BCUT2D eigenvalue weighted by molar-refractivity contribution is 5.58. The van der Waals surface area contributed by atoms with E-state index in [1.165, 1.54) is 6.07 Å². The fourth-order valence-electron chi connectivity index (χ4n) is 2.12. The van der Waals surface area contributed by atoms with Crippen LogP contribution in [0.3, 0.4) is 0 Å². The van der Waals surface area contributed by atoms with Gasteiger partial charge in [0.15, 0.2) is 5.82 Å². The Morgan fingerprint density at radius 1 is 1.32 bits per heavy atom. The Morgan fingerprint density at radius 3 is 3.05 bits per heavy atom. The molecule has 1 aliphatic rings. The average molecular weight is 266 g/mol. The van der Waals surface area contributed by atoms with E-state index in [0.29, 0.717) is 12.4 Å². The Morgan fingerprint density at radius 2 is 2.21 bits per heavy atom. The van der Waals surface area contributed by atoms with E-state index < -0.39 is 6.61 Å². The zero-order valence-corrected chi connectivity index (χ0v) is 10.0. The number of ether oxygens (including phenoxy) is 1. The molecule has 0 atom stereocenters. The molecule has 5 nitrogen and oxygen atoms in total. The minimum Gasteiger partial charge on any atom is -0.435 e. The topological polar surface area (TPSA) is 52.0 Å². The Bertz CT molecular complexity index is 585. The van der Waals surface area contributed by atoms with Crippen molar-refractivity contribution in [2.45, 2.75) is 19.7 Å². The third kappa shape index (κ3) is 2.41. The molecule has 1 N–H and O–H groups in total. The van der Waals surface area contributed by atoms with E-state index in [1.54, 1.807) is 18.2 Å². The van der Waals surface area contributed by atoms with Gasteiger partial charge in [0, 0.05) is 18.7 Å². The van der Waals surface area contributed by atoms with Crippen molar-refractivity contribution in [1.82, 2.24) is 20.1 Å². The van der Waals surface area contributed by atoms with Crippen LogP contribution in [0.5, 0.6) is 5.75 Å². The molecule has 0 saturated carbocycles. The number of hydrogen-bond donors (Lipinski definition) is 1. The first-order valence-electron chi connectivity index (χ1n) is 5.92. The second kappa shape index (κ2) is 4.93. The van der Waals surface area contributed by atoms with Crippen molar-refractivity contribution in [3.05, 3.63) is 30.1 Å². The number of aromatic nitrogens is 3. The number of rotatable bonds is 3. The maximum absolute atomic E-state index is 12.2. The van der Waals surface area contributed by atoms with Gasteiger partial charge in [-0.1, -0.05) is 12.1 Å². The molecule has 3 rings (SSSR count). The van der Waals surface area contributed by atoms with Crippen molar-refractivity contribution in [2.75, 3.05) is 6.54 Å². The minimum absolute atomic E-state index is 0.124. The summed E-state index contributed by atoms with van der Waals surface area (Å²) in [5.74, 6) is 1.65. The zero-order chi connectivity index (χ0) is 13.2. The monoisotopic (exact) mass is 266 g/mol. The third-order valence-electron chi connectivity index (χ3n) is 2.94. The van der Waals surface area contributed by atoms with Crippen molar-refractivity contribution in [3.8, 4) is 17.1 Å². The second-order valence-electron chi connectivity index (χ2n) is 4.17. The lowest BCUT2D eigenvalue weighted by atomic mass is 10.2. The lowest BCUT2D eigenvalue weighted by molar-refractivity contribution is -0.0498. The molecule has 0 fully saturated rings. The van der Waals surface area contributed by atoms with E-state index in [4.69, 9.17) is 0 Å². The van der Waals surface area contributed by atoms with E-state index in [-0.39, 0.29) is 5.75 Å². The van der Waals surface area contributed by atoms with E-state index in [2.05, 4.69) is 20.3 Å². The van der Waals surface area contributed by atoms with Gasteiger partial charge in [0.1, 0.15) is 11.6 Å². The molecule has 0 saturated heterocycles. The highest BCUT2D eigenvalue weighted by atomic mass is 19.3. The minimum atomic E-state index is -2.83. The summed E-state index contributed by atoms with van der Waals surface area (Å²) in [6.07, 6.45) is 0. The molecule has 0 radical (unpaired) electrons. The number of hydrogen-bond acceptors (Lipinski definition) is 4. The van der Waals surface area contributed by atoms with Gasteiger partial charge in [0.2, 0.25) is 0 Å². The van der Waals surface area contributed by atoms with Crippen LogP contribution >= 0.6 is 0 Å². The molecule has 2 aromatic rings. The van der Waals surface area contributed by atoms with Gasteiger partial charge in [-0.25, -0.2) is 0 Å². The van der Waals surface area contributed by atoms with E-state index in [9.17, 15) is 8.78 Å². The standard InChI is InChI=1S/C12H12F2N4O/c13-12(14)19-9-3-1-2-8(6-9)11-17-16-10-7-15-4-5-18(10)11/h1-3,6,12,15H,4-5,7H2. The predicted octanol–water partition coefficient (Wildman–Crippen LogP) is 1.65. The first kappa shape index (κ1) is 12.0. The second-order valence-corrected chi connectivity index (χ2v) is 4.17. The summed E-state index contributed by atoms with van der Waals surface area (Å²) in [6, 6.07) is 6.50. The smallest absolute Gasteiger partial charge is 0.387 e. The molecule has 0 spiro atoms. The molecule has 100 valence electrons. The normalized spacial score (nSPS) is 14.5. The van der Waals surface area contributed by atoms with Crippen LogP contribution < -0.4 is 10.1 Å². The first-order valence-corrected chi connectivity index (χ1v) is 5.92. The Hall–Kier alpha value is -2.02. The Balaban J connectivity index is 1.95. The van der Waals surface area contributed by atoms with Crippen molar-refractivity contribution in [2.24, 2.45) is 0 Å². The van der Waals surface area contributed by atoms with Gasteiger partial charge in [-0.2, -0.15) is 8.78 Å². The van der Waals surface area contributed by atoms with E-state index >= 15 is 0 Å². The Labute approximate surface area is 108 Å². The highest BCUT2D eigenvalue weighted by Gasteiger charge is 2.17. The number of halogens is 2. The van der Waals surface area contributed by atoms with E-state index in [0.717, 1.165) is 24.5 Å². The van der Waals surface area contributed by atoms with Crippen LogP contribution in [0.25, 0.3) is 11.4 Å². The number of benzene rings is 1. The summed E-state index contributed by atoms with van der Waals surface area (Å²) < 4.78 is 30.8. The molecule has 0 unspecified atom stereocenters.